The number of pyridine rings is 1. The van der Waals surface area contributed by atoms with Crippen LogP contribution >= 0.6 is 11.8 Å². The molecule has 8 heteroatoms. The van der Waals surface area contributed by atoms with Gasteiger partial charge in [0, 0.05) is 24.9 Å². The quantitative estimate of drug-likeness (QED) is 0.434. The largest absolute Gasteiger partial charge is 0.464 e. The maximum atomic E-state index is 11.6. The Balaban J connectivity index is 3.28. The van der Waals surface area contributed by atoms with E-state index in [0.29, 0.717) is 0 Å². The number of carbonyl (C=O) groups is 1. The van der Waals surface area contributed by atoms with Crippen LogP contribution in [0, 0.1) is 10.1 Å². The number of rotatable bonds is 7. The molecule has 7 nitrogen and oxygen atoms in total. The fraction of sp³-hybridized carbons (Fsp3) is 0.538. The van der Waals surface area contributed by atoms with Crippen molar-refractivity contribution >= 4 is 29.2 Å². The van der Waals surface area contributed by atoms with Crippen molar-refractivity contribution in [3.05, 3.63) is 27.9 Å². The summed E-state index contributed by atoms with van der Waals surface area (Å²) in [6.07, 6.45) is 2.79. The molecular formula is C13H19N3O4S. The van der Waals surface area contributed by atoms with Gasteiger partial charge in [0.25, 0.3) is 0 Å². The van der Waals surface area contributed by atoms with Crippen molar-refractivity contribution in [3.63, 3.8) is 0 Å². The van der Waals surface area contributed by atoms with Crippen LogP contribution in [-0.4, -0.2) is 48.1 Å². The normalized spacial score (nSPS) is 11.8. The van der Waals surface area contributed by atoms with E-state index in [1.54, 1.807) is 23.7 Å². The summed E-state index contributed by atoms with van der Waals surface area (Å²) in [6.45, 7) is 2.01. The minimum atomic E-state index is -0.613. The van der Waals surface area contributed by atoms with Crippen molar-refractivity contribution in [2.24, 2.45) is 0 Å². The number of esters is 1. The van der Waals surface area contributed by atoms with Crippen LogP contribution in [-0.2, 0) is 4.74 Å². The second kappa shape index (κ2) is 7.82. The molecule has 1 atom stereocenters. The Morgan fingerprint density at radius 3 is 2.71 bits per heavy atom. The van der Waals surface area contributed by atoms with Gasteiger partial charge >= 0.3 is 11.7 Å². The van der Waals surface area contributed by atoms with Gasteiger partial charge in [0.2, 0.25) is 5.82 Å². The van der Waals surface area contributed by atoms with Gasteiger partial charge in [0.15, 0.2) is 5.69 Å². The topological polar surface area (TPSA) is 85.6 Å². The van der Waals surface area contributed by atoms with Crippen LogP contribution in [0.1, 0.15) is 23.8 Å². The Labute approximate surface area is 127 Å². The van der Waals surface area contributed by atoms with E-state index in [1.807, 2.05) is 13.2 Å². The Hall–Kier alpha value is -1.83. The van der Waals surface area contributed by atoms with Crippen LogP contribution < -0.4 is 4.90 Å². The zero-order valence-electron chi connectivity index (χ0n) is 12.5. The van der Waals surface area contributed by atoms with Crippen molar-refractivity contribution in [3.8, 4) is 0 Å². The molecule has 1 unspecified atom stereocenters. The summed E-state index contributed by atoms with van der Waals surface area (Å²) in [5, 5.41) is 11.2. The average molecular weight is 313 g/mol. The van der Waals surface area contributed by atoms with Crippen LogP contribution in [0.4, 0.5) is 11.5 Å². The number of hydrogen-bond acceptors (Lipinski definition) is 7. The van der Waals surface area contributed by atoms with Crippen molar-refractivity contribution in [2.75, 3.05) is 31.1 Å². The molecule has 116 valence electrons. The van der Waals surface area contributed by atoms with Crippen molar-refractivity contribution < 1.29 is 14.5 Å². The number of carbonyl (C=O) groups excluding carboxylic acids is 1. The molecule has 0 aliphatic heterocycles. The SMILES string of the molecule is CCC(CSC)N(C)c1nc(C(=O)OC)ccc1[N+](=O)[O-]. The van der Waals surface area contributed by atoms with E-state index in [0.717, 1.165) is 12.2 Å². The number of nitro groups is 1. The van der Waals surface area contributed by atoms with Gasteiger partial charge < -0.3 is 9.64 Å². The molecule has 1 aromatic rings. The highest BCUT2D eigenvalue weighted by atomic mass is 32.2. The van der Waals surface area contributed by atoms with Crippen molar-refractivity contribution in [1.82, 2.24) is 4.98 Å². The molecule has 1 rings (SSSR count). The van der Waals surface area contributed by atoms with Crippen LogP contribution in [0.15, 0.2) is 12.1 Å². The molecule has 1 aromatic heterocycles. The third-order valence-electron chi connectivity index (χ3n) is 3.16. The highest BCUT2D eigenvalue weighted by molar-refractivity contribution is 7.98. The molecular weight excluding hydrogens is 294 g/mol. The van der Waals surface area contributed by atoms with E-state index < -0.39 is 10.9 Å². The minimum Gasteiger partial charge on any atom is -0.464 e. The first-order valence-electron chi connectivity index (χ1n) is 6.41. The van der Waals surface area contributed by atoms with Gasteiger partial charge in [0.1, 0.15) is 0 Å². The summed E-state index contributed by atoms with van der Waals surface area (Å²) >= 11 is 1.66. The Morgan fingerprint density at radius 2 is 2.24 bits per heavy atom. The van der Waals surface area contributed by atoms with E-state index in [2.05, 4.69) is 9.72 Å². The van der Waals surface area contributed by atoms with Gasteiger partial charge in [-0.15, -0.1) is 0 Å². The number of anilines is 1. The molecule has 0 aliphatic rings. The van der Waals surface area contributed by atoms with Gasteiger partial charge in [-0.25, -0.2) is 9.78 Å². The van der Waals surface area contributed by atoms with Crippen LogP contribution in [0.2, 0.25) is 0 Å². The van der Waals surface area contributed by atoms with Crippen molar-refractivity contribution in [1.29, 1.82) is 0 Å². The molecule has 0 aromatic carbocycles. The molecule has 0 fully saturated rings. The molecule has 0 saturated heterocycles. The fourth-order valence-corrected chi connectivity index (χ4v) is 2.77. The molecule has 0 aliphatic carbocycles. The predicted molar refractivity (Wildman–Crippen MR) is 83.1 cm³/mol. The highest BCUT2D eigenvalue weighted by Crippen LogP contribution is 2.28. The number of ether oxygens (including phenoxy) is 1. The molecule has 0 bridgehead atoms. The lowest BCUT2D eigenvalue weighted by atomic mass is 10.2. The summed E-state index contributed by atoms with van der Waals surface area (Å²) in [6, 6.07) is 2.69. The predicted octanol–water partition coefficient (Wildman–Crippen LogP) is 2.35. The first-order valence-corrected chi connectivity index (χ1v) is 7.81. The van der Waals surface area contributed by atoms with Crippen LogP contribution in [0.5, 0.6) is 0 Å². The monoisotopic (exact) mass is 313 g/mol. The van der Waals surface area contributed by atoms with E-state index in [4.69, 9.17) is 0 Å². The second-order valence-electron chi connectivity index (χ2n) is 4.42. The van der Waals surface area contributed by atoms with Crippen LogP contribution in [0.3, 0.4) is 0 Å². The maximum Gasteiger partial charge on any atom is 0.356 e. The first-order chi connectivity index (χ1) is 9.96. The summed E-state index contributed by atoms with van der Waals surface area (Å²) < 4.78 is 4.61. The Bertz CT molecular complexity index is 524. The number of hydrogen-bond donors (Lipinski definition) is 0. The molecule has 0 spiro atoms. The number of thioether (sulfide) groups is 1. The Kier molecular flexibility index (Phi) is 6.41. The maximum absolute atomic E-state index is 11.6. The van der Waals surface area contributed by atoms with Gasteiger partial charge in [-0.2, -0.15) is 11.8 Å². The number of methoxy groups -OCH3 is 1. The summed E-state index contributed by atoms with van der Waals surface area (Å²) in [7, 11) is 3.00. The molecule has 0 amide bonds. The molecule has 0 radical (unpaired) electrons. The average Bonchev–Trinajstić information content (AvgIpc) is 2.50. The molecule has 0 N–H and O–H groups in total. The fourth-order valence-electron chi connectivity index (χ4n) is 1.93. The minimum absolute atomic E-state index is 0.0592. The van der Waals surface area contributed by atoms with Crippen molar-refractivity contribution in [2.45, 2.75) is 19.4 Å². The standard InChI is InChI=1S/C13H19N3O4S/c1-5-9(8-21-4)15(2)12-11(16(18)19)7-6-10(14-12)13(17)20-3/h6-7,9H,5,8H2,1-4H3. The number of nitrogens with zero attached hydrogens (tertiary/aromatic N) is 3. The first kappa shape index (κ1) is 17.2. The summed E-state index contributed by atoms with van der Waals surface area (Å²) in [5.74, 6) is 0.384. The van der Waals surface area contributed by atoms with Crippen LogP contribution in [0.25, 0.3) is 0 Å². The molecule has 1 heterocycles. The van der Waals surface area contributed by atoms with Gasteiger partial charge in [0.05, 0.1) is 12.0 Å². The highest BCUT2D eigenvalue weighted by Gasteiger charge is 2.25. The summed E-state index contributed by atoms with van der Waals surface area (Å²) in [5.41, 5.74) is -0.0614. The zero-order chi connectivity index (χ0) is 16.0. The zero-order valence-corrected chi connectivity index (χ0v) is 13.3. The lowest BCUT2D eigenvalue weighted by Crippen LogP contribution is -2.34. The Morgan fingerprint density at radius 1 is 1.57 bits per heavy atom. The lowest BCUT2D eigenvalue weighted by molar-refractivity contribution is -0.384. The van der Waals surface area contributed by atoms with Gasteiger partial charge in [-0.3, -0.25) is 10.1 Å². The summed E-state index contributed by atoms with van der Waals surface area (Å²) in [4.78, 5) is 28.1. The molecule has 0 saturated carbocycles. The third-order valence-corrected chi connectivity index (χ3v) is 3.88. The van der Waals surface area contributed by atoms with Gasteiger partial charge in [-0.05, 0) is 18.7 Å². The van der Waals surface area contributed by atoms with E-state index >= 15 is 0 Å². The number of aromatic nitrogens is 1. The van der Waals surface area contributed by atoms with E-state index in [9.17, 15) is 14.9 Å². The van der Waals surface area contributed by atoms with E-state index in [1.165, 1.54) is 19.2 Å². The second-order valence-corrected chi connectivity index (χ2v) is 5.33. The smallest absolute Gasteiger partial charge is 0.356 e. The molecule has 21 heavy (non-hydrogen) atoms. The van der Waals surface area contributed by atoms with E-state index in [-0.39, 0.29) is 23.2 Å². The van der Waals surface area contributed by atoms with Gasteiger partial charge in [-0.1, -0.05) is 6.92 Å². The lowest BCUT2D eigenvalue weighted by Gasteiger charge is -2.27. The third kappa shape index (κ3) is 4.07.